The van der Waals surface area contributed by atoms with E-state index < -0.39 is 24.5 Å². The maximum absolute atomic E-state index is 14.1. The zero-order valence-corrected chi connectivity index (χ0v) is 11.0. The summed E-state index contributed by atoms with van der Waals surface area (Å²) in [5.41, 5.74) is 5.29. The highest BCUT2D eigenvalue weighted by molar-refractivity contribution is 5.64. The first-order valence-corrected chi connectivity index (χ1v) is 6.18. The van der Waals surface area contributed by atoms with Crippen molar-refractivity contribution >= 4 is 11.5 Å². The van der Waals surface area contributed by atoms with Crippen molar-refractivity contribution in [1.29, 1.82) is 0 Å². The monoisotopic (exact) mass is 311 g/mol. The van der Waals surface area contributed by atoms with Crippen LogP contribution in [0, 0.1) is 11.6 Å². The van der Waals surface area contributed by atoms with E-state index in [9.17, 15) is 17.6 Å². The number of hydrogen-bond acceptors (Lipinski definition) is 4. The molecule has 0 aliphatic rings. The van der Waals surface area contributed by atoms with E-state index in [1.807, 2.05) is 0 Å². The van der Waals surface area contributed by atoms with E-state index in [0.29, 0.717) is 0 Å². The van der Waals surface area contributed by atoms with Gasteiger partial charge >= 0.3 is 0 Å². The number of fused-ring (bicyclic) bond motifs is 1. The molecule has 3 aromatic heterocycles. The van der Waals surface area contributed by atoms with Crippen LogP contribution in [0.4, 0.5) is 23.5 Å². The van der Waals surface area contributed by atoms with Crippen molar-refractivity contribution < 1.29 is 17.6 Å². The highest BCUT2D eigenvalue weighted by Gasteiger charge is 2.18. The van der Waals surface area contributed by atoms with Crippen LogP contribution in [0.2, 0.25) is 0 Å². The van der Waals surface area contributed by atoms with Crippen LogP contribution >= 0.6 is 0 Å². The number of pyridine rings is 1. The van der Waals surface area contributed by atoms with E-state index >= 15 is 0 Å². The summed E-state index contributed by atoms with van der Waals surface area (Å²) in [6.07, 6.45) is -0.939. The van der Waals surface area contributed by atoms with Crippen LogP contribution in [0.3, 0.4) is 0 Å². The van der Waals surface area contributed by atoms with Crippen LogP contribution in [0.25, 0.3) is 16.9 Å². The van der Waals surface area contributed by atoms with Gasteiger partial charge in [0, 0.05) is 18.7 Å². The Morgan fingerprint density at radius 3 is 2.55 bits per heavy atom. The average Bonchev–Trinajstić information content (AvgIpc) is 2.75. The predicted octanol–water partition coefficient (Wildman–Crippen LogP) is 2.46. The molecule has 9 heteroatoms. The zero-order chi connectivity index (χ0) is 15.9. The molecular weight excluding hydrogens is 302 g/mol. The van der Waals surface area contributed by atoms with E-state index in [0.717, 1.165) is 29.0 Å². The Hall–Kier alpha value is -2.71. The first-order chi connectivity index (χ1) is 10.5. The molecule has 3 rings (SSSR count). The van der Waals surface area contributed by atoms with Crippen LogP contribution in [-0.4, -0.2) is 26.0 Å². The van der Waals surface area contributed by atoms with Gasteiger partial charge < -0.3 is 5.73 Å². The average molecular weight is 311 g/mol. The lowest BCUT2D eigenvalue weighted by Gasteiger charge is -2.05. The maximum atomic E-state index is 14.1. The molecule has 0 atom stereocenters. The van der Waals surface area contributed by atoms with Gasteiger partial charge in [0.2, 0.25) is 12.4 Å². The molecule has 0 spiro atoms. The van der Waals surface area contributed by atoms with Crippen molar-refractivity contribution in [2.75, 3.05) is 5.73 Å². The van der Waals surface area contributed by atoms with E-state index in [1.165, 1.54) is 0 Å². The molecule has 0 saturated heterocycles. The predicted molar refractivity (Wildman–Crippen MR) is 70.3 cm³/mol. The molecule has 0 radical (unpaired) electrons. The summed E-state index contributed by atoms with van der Waals surface area (Å²) in [6.45, 7) is 0. The normalized spacial score (nSPS) is 11.5. The first-order valence-electron chi connectivity index (χ1n) is 6.18. The summed E-state index contributed by atoms with van der Waals surface area (Å²) in [5.74, 6) is -1.65. The smallest absolute Gasteiger partial charge is 0.242 e. The number of hydrogen-bond donors (Lipinski definition) is 1. The molecule has 3 heterocycles. The van der Waals surface area contributed by atoms with Gasteiger partial charge in [0.1, 0.15) is 11.2 Å². The second-order valence-electron chi connectivity index (χ2n) is 4.56. The number of anilines is 1. The Kier molecular flexibility index (Phi) is 3.39. The number of nitrogens with zero attached hydrogens (tertiary/aromatic N) is 4. The van der Waals surface area contributed by atoms with E-state index in [1.54, 1.807) is 0 Å². The highest BCUT2D eigenvalue weighted by Crippen LogP contribution is 2.26. The van der Waals surface area contributed by atoms with Gasteiger partial charge in [-0.25, -0.2) is 27.1 Å². The van der Waals surface area contributed by atoms with Crippen LogP contribution in [0.15, 0.2) is 24.5 Å². The molecule has 22 heavy (non-hydrogen) atoms. The summed E-state index contributed by atoms with van der Waals surface area (Å²) in [5, 5.41) is 3.80. The molecule has 0 aliphatic heterocycles. The van der Waals surface area contributed by atoms with Gasteiger partial charge in [0.25, 0.3) is 0 Å². The van der Waals surface area contributed by atoms with Crippen molar-refractivity contribution in [2.24, 2.45) is 0 Å². The standard InChI is InChI=1S/C13H9F4N5/c14-7-3-9(22-10(7)5-20-13(18)21-22)12-8(15)1-6(4-19-12)2-11(16)17/h1,3-5,11H,2H2,(H2,18,21). The Morgan fingerprint density at radius 1 is 1.09 bits per heavy atom. The Labute approximate surface area is 121 Å². The Bertz CT molecular complexity index is 846. The van der Waals surface area contributed by atoms with Gasteiger partial charge in [-0.05, 0) is 11.6 Å². The highest BCUT2D eigenvalue weighted by atomic mass is 19.3. The van der Waals surface area contributed by atoms with Crippen molar-refractivity contribution in [1.82, 2.24) is 19.6 Å². The van der Waals surface area contributed by atoms with Crippen molar-refractivity contribution in [3.63, 3.8) is 0 Å². The van der Waals surface area contributed by atoms with E-state index in [2.05, 4.69) is 15.1 Å². The van der Waals surface area contributed by atoms with Gasteiger partial charge in [-0.1, -0.05) is 0 Å². The summed E-state index contributed by atoms with van der Waals surface area (Å²) in [7, 11) is 0. The van der Waals surface area contributed by atoms with Gasteiger partial charge in [0.05, 0.1) is 11.9 Å². The second kappa shape index (κ2) is 5.24. The SMILES string of the molecule is Nc1ncc2c(F)cc(-c3ncc(CC(F)F)cc3F)n2n1. The second-order valence-corrected chi connectivity index (χ2v) is 4.56. The molecule has 0 unspecified atom stereocenters. The molecule has 2 N–H and O–H groups in total. The summed E-state index contributed by atoms with van der Waals surface area (Å²) >= 11 is 0. The molecule has 114 valence electrons. The third-order valence-electron chi connectivity index (χ3n) is 3.02. The van der Waals surface area contributed by atoms with Crippen LogP contribution < -0.4 is 5.73 Å². The first kappa shape index (κ1) is 14.2. The minimum absolute atomic E-state index is 0.00190. The van der Waals surface area contributed by atoms with Crippen molar-refractivity contribution in [3.05, 3.63) is 41.7 Å². The fourth-order valence-corrected chi connectivity index (χ4v) is 2.09. The molecule has 0 aliphatic carbocycles. The van der Waals surface area contributed by atoms with Gasteiger partial charge in [-0.3, -0.25) is 4.98 Å². The van der Waals surface area contributed by atoms with Crippen molar-refractivity contribution in [3.8, 4) is 11.4 Å². The third kappa shape index (κ3) is 2.45. The third-order valence-corrected chi connectivity index (χ3v) is 3.02. The summed E-state index contributed by atoms with van der Waals surface area (Å²) < 4.78 is 53.6. The summed E-state index contributed by atoms with van der Waals surface area (Å²) in [6, 6.07) is 1.97. The molecule has 0 fully saturated rings. The molecular formula is C13H9F4N5. The fourth-order valence-electron chi connectivity index (χ4n) is 2.09. The maximum Gasteiger partial charge on any atom is 0.242 e. The number of nitrogens with two attached hydrogens (primary N) is 1. The fraction of sp³-hybridized carbons (Fsp3) is 0.154. The molecule has 0 amide bonds. The minimum atomic E-state index is -2.61. The molecule has 3 aromatic rings. The largest absolute Gasteiger partial charge is 0.367 e. The topological polar surface area (TPSA) is 69.1 Å². The molecule has 0 bridgehead atoms. The molecule has 5 nitrogen and oxygen atoms in total. The number of rotatable bonds is 3. The van der Waals surface area contributed by atoms with E-state index in [-0.39, 0.29) is 28.4 Å². The van der Waals surface area contributed by atoms with Crippen LogP contribution in [0.1, 0.15) is 5.56 Å². The minimum Gasteiger partial charge on any atom is -0.367 e. The van der Waals surface area contributed by atoms with Crippen molar-refractivity contribution in [2.45, 2.75) is 12.8 Å². The van der Waals surface area contributed by atoms with E-state index in [4.69, 9.17) is 5.73 Å². The lowest BCUT2D eigenvalue weighted by molar-refractivity contribution is 0.149. The summed E-state index contributed by atoms with van der Waals surface area (Å²) in [4.78, 5) is 7.45. The van der Waals surface area contributed by atoms with Gasteiger partial charge in [0.15, 0.2) is 11.6 Å². The Balaban J connectivity index is 2.13. The quantitative estimate of drug-likeness (QED) is 0.754. The van der Waals surface area contributed by atoms with Gasteiger partial charge in [-0.15, -0.1) is 5.10 Å². The lowest BCUT2D eigenvalue weighted by Crippen LogP contribution is -2.04. The van der Waals surface area contributed by atoms with Crippen LogP contribution in [-0.2, 0) is 6.42 Å². The number of nitrogen functional groups attached to an aromatic ring is 1. The number of halogens is 4. The lowest BCUT2D eigenvalue weighted by atomic mass is 10.1. The Morgan fingerprint density at radius 2 is 1.86 bits per heavy atom. The number of alkyl halides is 2. The number of aromatic nitrogens is 4. The molecule has 0 saturated carbocycles. The van der Waals surface area contributed by atoms with Crippen LogP contribution in [0.5, 0.6) is 0 Å². The van der Waals surface area contributed by atoms with Gasteiger partial charge in [-0.2, -0.15) is 0 Å². The molecule has 0 aromatic carbocycles. The zero-order valence-electron chi connectivity index (χ0n) is 11.0.